The van der Waals surface area contributed by atoms with Gasteiger partial charge >= 0.3 is 6.18 Å². The van der Waals surface area contributed by atoms with E-state index in [2.05, 4.69) is 15.2 Å². The van der Waals surface area contributed by atoms with E-state index in [1.54, 1.807) is 24.3 Å². The van der Waals surface area contributed by atoms with Crippen molar-refractivity contribution in [1.82, 2.24) is 14.8 Å². The van der Waals surface area contributed by atoms with E-state index in [1.807, 2.05) is 16.8 Å². The van der Waals surface area contributed by atoms with Gasteiger partial charge in [-0.05, 0) is 55.4 Å². The Labute approximate surface area is 252 Å². The summed E-state index contributed by atoms with van der Waals surface area (Å²) in [7, 11) is -1.20. The number of H-pyrrole nitrogens is 1. The summed E-state index contributed by atoms with van der Waals surface area (Å²) in [6.07, 6.45) is -2.46. The SMILES string of the molecule is CN1CCN(c2ccc(-c3cc(CN4CCC(S(C)(=O)=O)C4)ccc3F)cc2NC(=O)c2c[nH]c(=O)cc2C(F)(F)F)CC1. The standard InChI is InChI=1S/C30H33F4N5O4S/c1-37-9-11-39(12-10-37)27-6-4-20(14-26(27)36-29(41)23-16-35-28(40)15-24(23)30(32,33)34)22-13-19(3-5-25(22)31)17-38-8-7-21(18-38)44(2,42)43/h3-6,13-16,21H,7-12,17-18H2,1-2H3,(H,35,40)(H,36,41). The number of benzene rings is 2. The first-order chi connectivity index (χ1) is 20.7. The van der Waals surface area contributed by atoms with Gasteiger partial charge in [0.05, 0.1) is 27.8 Å². The molecular formula is C30H33F4N5O4S. The van der Waals surface area contributed by atoms with Crippen molar-refractivity contribution < 1.29 is 30.8 Å². The van der Waals surface area contributed by atoms with Crippen molar-refractivity contribution in [3.63, 3.8) is 0 Å². The van der Waals surface area contributed by atoms with Crippen LogP contribution in [0.2, 0.25) is 0 Å². The monoisotopic (exact) mass is 635 g/mol. The third-order valence-corrected chi connectivity index (χ3v) is 9.74. The number of nitrogens with zero attached hydrogens (tertiary/aromatic N) is 3. The van der Waals surface area contributed by atoms with Crippen molar-refractivity contribution in [1.29, 1.82) is 0 Å². The topological polar surface area (TPSA) is 106 Å². The minimum Gasteiger partial charge on any atom is -0.367 e. The highest BCUT2D eigenvalue weighted by Crippen LogP contribution is 2.36. The average Bonchev–Trinajstić information content (AvgIpc) is 3.43. The van der Waals surface area contributed by atoms with Gasteiger partial charge in [0.25, 0.3) is 5.91 Å². The first-order valence-corrected chi connectivity index (χ1v) is 16.0. The predicted molar refractivity (Wildman–Crippen MR) is 160 cm³/mol. The zero-order valence-electron chi connectivity index (χ0n) is 24.2. The highest BCUT2D eigenvalue weighted by molar-refractivity contribution is 7.91. The zero-order valence-corrected chi connectivity index (χ0v) is 25.1. The van der Waals surface area contributed by atoms with E-state index in [9.17, 15) is 31.2 Å². The maximum absolute atomic E-state index is 15.2. The van der Waals surface area contributed by atoms with Gasteiger partial charge in [-0.2, -0.15) is 13.2 Å². The molecule has 5 rings (SSSR count). The van der Waals surface area contributed by atoms with E-state index >= 15 is 4.39 Å². The van der Waals surface area contributed by atoms with Crippen LogP contribution in [-0.4, -0.2) is 86.9 Å². The Hall–Kier alpha value is -3.75. The van der Waals surface area contributed by atoms with Gasteiger partial charge in [0, 0.05) is 63.4 Å². The number of nitrogens with one attached hydrogen (secondary N) is 2. The van der Waals surface area contributed by atoms with Crippen LogP contribution >= 0.6 is 0 Å². The van der Waals surface area contributed by atoms with Gasteiger partial charge in [-0.1, -0.05) is 12.1 Å². The van der Waals surface area contributed by atoms with Crippen LogP contribution in [0.5, 0.6) is 0 Å². The van der Waals surface area contributed by atoms with E-state index in [0.717, 1.165) is 24.8 Å². The lowest BCUT2D eigenvalue weighted by atomic mass is 10.00. The van der Waals surface area contributed by atoms with Crippen LogP contribution in [0.1, 0.15) is 27.9 Å². The third kappa shape index (κ3) is 7.13. The molecule has 3 aromatic rings. The summed E-state index contributed by atoms with van der Waals surface area (Å²) >= 11 is 0. The lowest BCUT2D eigenvalue weighted by Crippen LogP contribution is -2.44. The minimum absolute atomic E-state index is 0.191. The number of pyridine rings is 1. The maximum Gasteiger partial charge on any atom is 0.417 e. The number of carbonyl (C=O) groups is 1. The number of aromatic nitrogens is 1. The molecule has 2 aliphatic heterocycles. The van der Waals surface area contributed by atoms with Crippen molar-refractivity contribution in [2.45, 2.75) is 24.4 Å². The smallest absolute Gasteiger partial charge is 0.367 e. The molecule has 2 fully saturated rings. The molecule has 1 unspecified atom stereocenters. The molecular weight excluding hydrogens is 602 g/mol. The molecule has 2 aromatic carbocycles. The lowest BCUT2D eigenvalue weighted by Gasteiger charge is -2.35. The number of anilines is 2. The third-order valence-electron chi connectivity index (χ3n) is 8.15. The number of alkyl halides is 3. The van der Waals surface area contributed by atoms with E-state index in [4.69, 9.17) is 0 Å². The van der Waals surface area contributed by atoms with Gasteiger partial charge in [-0.15, -0.1) is 0 Å². The molecule has 2 saturated heterocycles. The quantitative estimate of drug-likeness (QED) is 0.381. The Morgan fingerprint density at radius 1 is 1.05 bits per heavy atom. The number of hydrogen-bond donors (Lipinski definition) is 2. The zero-order chi connectivity index (χ0) is 31.8. The van der Waals surface area contributed by atoms with Gasteiger partial charge in [0.1, 0.15) is 5.82 Å². The summed E-state index contributed by atoms with van der Waals surface area (Å²) in [4.78, 5) is 33.1. The molecule has 0 radical (unpaired) electrons. The van der Waals surface area contributed by atoms with Gasteiger partial charge in [-0.3, -0.25) is 14.5 Å². The highest BCUT2D eigenvalue weighted by Gasteiger charge is 2.36. The predicted octanol–water partition coefficient (Wildman–Crippen LogP) is 3.82. The molecule has 1 aromatic heterocycles. The molecule has 14 heteroatoms. The van der Waals surface area contributed by atoms with Crippen molar-refractivity contribution in [2.24, 2.45) is 0 Å². The van der Waals surface area contributed by atoms with E-state index in [-0.39, 0.29) is 11.3 Å². The van der Waals surface area contributed by atoms with Crippen molar-refractivity contribution in [3.8, 4) is 11.1 Å². The van der Waals surface area contributed by atoms with Crippen molar-refractivity contribution in [2.75, 3.05) is 62.8 Å². The fourth-order valence-corrected chi connectivity index (χ4v) is 6.67. The number of rotatable bonds is 7. The molecule has 0 spiro atoms. The Morgan fingerprint density at radius 2 is 1.77 bits per heavy atom. The molecule has 2 N–H and O–H groups in total. The van der Waals surface area contributed by atoms with E-state index in [1.165, 1.54) is 18.4 Å². The van der Waals surface area contributed by atoms with Crippen molar-refractivity contribution >= 4 is 27.1 Å². The summed E-state index contributed by atoms with van der Waals surface area (Å²) in [5.41, 5.74) is -0.983. The second-order valence-corrected chi connectivity index (χ2v) is 13.7. The van der Waals surface area contributed by atoms with Crippen LogP contribution in [0, 0.1) is 5.82 Å². The number of hydrogen-bond acceptors (Lipinski definition) is 7. The number of carbonyl (C=O) groups excluding carboxylic acids is 1. The summed E-state index contributed by atoms with van der Waals surface area (Å²) < 4.78 is 80.3. The molecule has 2 aliphatic rings. The molecule has 44 heavy (non-hydrogen) atoms. The van der Waals surface area contributed by atoms with Crippen LogP contribution in [-0.2, 0) is 22.6 Å². The molecule has 1 amide bonds. The van der Waals surface area contributed by atoms with Gasteiger partial charge in [0.15, 0.2) is 9.84 Å². The number of amides is 1. The second kappa shape index (κ2) is 12.3. The summed E-state index contributed by atoms with van der Waals surface area (Å²) in [6.45, 7) is 4.02. The molecule has 0 bridgehead atoms. The molecule has 9 nitrogen and oxygen atoms in total. The summed E-state index contributed by atoms with van der Waals surface area (Å²) in [6, 6.07) is 9.87. The Bertz CT molecular complexity index is 1720. The first-order valence-electron chi connectivity index (χ1n) is 14.1. The van der Waals surface area contributed by atoms with Gasteiger partial charge in [-0.25, -0.2) is 12.8 Å². The van der Waals surface area contributed by atoms with Crippen LogP contribution in [0.3, 0.4) is 0 Å². The van der Waals surface area contributed by atoms with Crippen LogP contribution in [0.4, 0.5) is 28.9 Å². The van der Waals surface area contributed by atoms with Crippen molar-refractivity contribution in [3.05, 3.63) is 81.5 Å². The number of likely N-dealkylation sites (N-methyl/N-ethyl adjacent to an activating group) is 1. The lowest BCUT2D eigenvalue weighted by molar-refractivity contribution is -0.138. The molecule has 0 saturated carbocycles. The normalized spacial score (nSPS) is 18.5. The van der Waals surface area contributed by atoms with E-state index in [0.29, 0.717) is 56.5 Å². The Morgan fingerprint density at radius 3 is 2.43 bits per heavy atom. The maximum atomic E-state index is 15.2. The number of aromatic amines is 1. The van der Waals surface area contributed by atoms with Crippen LogP contribution < -0.4 is 15.8 Å². The van der Waals surface area contributed by atoms with Crippen LogP contribution in [0.25, 0.3) is 11.1 Å². The largest absolute Gasteiger partial charge is 0.417 e. The number of halogens is 4. The molecule has 1 atom stereocenters. The fraction of sp³-hybridized carbons (Fsp3) is 0.400. The minimum atomic E-state index is -4.94. The average molecular weight is 636 g/mol. The number of piperazine rings is 1. The number of likely N-dealkylation sites (tertiary alicyclic amines) is 1. The van der Waals surface area contributed by atoms with Crippen LogP contribution in [0.15, 0.2) is 53.5 Å². The van der Waals surface area contributed by atoms with Gasteiger partial charge in [0.2, 0.25) is 5.56 Å². The molecule has 3 heterocycles. The first kappa shape index (κ1) is 31.7. The summed E-state index contributed by atoms with van der Waals surface area (Å²) in [5, 5.41) is 2.14. The summed E-state index contributed by atoms with van der Waals surface area (Å²) in [5.74, 6) is -1.61. The number of sulfone groups is 1. The Balaban J connectivity index is 1.49. The highest BCUT2D eigenvalue weighted by atomic mass is 32.2. The second-order valence-electron chi connectivity index (χ2n) is 11.4. The molecule has 0 aliphatic carbocycles. The van der Waals surface area contributed by atoms with Gasteiger partial charge < -0.3 is 20.1 Å². The van der Waals surface area contributed by atoms with E-state index < -0.39 is 49.7 Å². The molecule has 236 valence electrons. The fourth-order valence-electron chi connectivity index (χ4n) is 5.65. The Kier molecular flexibility index (Phi) is 8.87.